The summed E-state index contributed by atoms with van der Waals surface area (Å²) < 4.78 is 17.2. The number of ether oxygens (including phenoxy) is 1. The first kappa shape index (κ1) is 39.9. The third-order valence-electron chi connectivity index (χ3n) is 14.9. The zero-order chi connectivity index (χ0) is 47.0. The monoisotopic (exact) mass is 953 g/mol. The van der Waals surface area contributed by atoms with E-state index in [4.69, 9.17) is 4.74 Å². The van der Waals surface area contributed by atoms with Gasteiger partial charge >= 0.3 is 0 Å². The molecule has 11 aromatic carbocycles. The van der Waals surface area contributed by atoms with Crippen LogP contribution in [-0.4, -0.2) is 9.13 Å². The number of anilines is 3. The highest BCUT2D eigenvalue weighted by Gasteiger charge is 2.29. The molecular weight excluding hydrogens is 915 g/mol. The van der Waals surface area contributed by atoms with Crippen molar-refractivity contribution in [1.82, 2.24) is 9.13 Å². The minimum absolute atomic E-state index is 0.796. The number of hydrogen-bond acceptors (Lipinski definition) is 4. The van der Waals surface area contributed by atoms with Crippen molar-refractivity contribution in [2.24, 2.45) is 0 Å². The number of para-hydroxylation sites is 3. The number of aromatic nitrogens is 2. The molecule has 5 heterocycles. The van der Waals surface area contributed by atoms with Crippen LogP contribution in [0.2, 0.25) is 0 Å². The van der Waals surface area contributed by atoms with Crippen LogP contribution in [0.3, 0.4) is 0 Å². The number of hydrogen-bond donors (Lipinski definition) is 0. The van der Waals surface area contributed by atoms with Crippen LogP contribution >= 0.6 is 22.7 Å². The molecule has 336 valence electrons. The van der Waals surface area contributed by atoms with Gasteiger partial charge in [-0.25, -0.2) is 0 Å². The van der Waals surface area contributed by atoms with E-state index in [0.29, 0.717) is 0 Å². The van der Waals surface area contributed by atoms with Crippen LogP contribution in [0.15, 0.2) is 237 Å². The van der Waals surface area contributed by atoms with Crippen LogP contribution in [0.5, 0.6) is 11.5 Å². The highest BCUT2D eigenvalue weighted by molar-refractivity contribution is 7.26. The van der Waals surface area contributed by atoms with Gasteiger partial charge in [0.25, 0.3) is 0 Å². The lowest BCUT2D eigenvalue weighted by Crippen LogP contribution is -2.16. The maximum absolute atomic E-state index is 7.10. The van der Waals surface area contributed by atoms with Crippen molar-refractivity contribution in [1.29, 1.82) is 0 Å². The largest absolute Gasteiger partial charge is 0.453 e. The highest BCUT2D eigenvalue weighted by Crippen LogP contribution is 2.53. The number of fused-ring (bicyclic) bond motifs is 14. The summed E-state index contributed by atoms with van der Waals surface area (Å²) in [5.41, 5.74) is 14.7. The van der Waals surface area contributed by atoms with Crippen molar-refractivity contribution in [2.45, 2.75) is 0 Å². The van der Waals surface area contributed by atoms with Crippen LogP contribution in [-0.2, 0) is 0 Å². The SMILES string of the molecule is c1ccc(N2c3ccc(-n4c5ccccc5c5c(-c6cccc7sc8ccccc8c67)cccc54)cc3Oc3ccc(-n4c5ccccc5c5c(-c6cccc7sc8ccccc8c67)cccc54)cc32)cc1. The van der Waals surface area contributed by atoms with Crippen LogP contribution in [0.25, 0.3) is 118 Å². The zero-order valence-corrected chi connectivity index (χ0v) is 40.2. The topological polar surface area (TPSA) is 22.3 Å². The van der Waals surface area contributed by atoms with Crippen LogP contribution in [0.1, 0.15) is 0 Å². The van der Waals surface area contributed by atoms with E-state index in [-0.39, 0.29) is 0 Å². The van der Waals surface area contributed by atoms with Gasteiger partial charge in [-0.2, -0.15) is 0 Å². The molecule has 1 aliphatic heterocycles. The second-order valence-corrected chi connectivity index (χ2v) is 20.9. The minimum atomic E-state index is 0.796. The number of benzene rings is 11. The van der Waals surface area contributed by atoms with Crippen molar-refractivity contribution in [3.8, 4) is 45.1 Å². The molecule has 0 saturated carbocycles. The van der Waals surface area contributed by atoms with E-state index < -0.39 is 0 Å². The molecule has 72 heavy (non-hydrogen) atoms. The fraction of sp³-hybridized carbons (Fsp3) is 0. The summed E-state index contributed by atoms with van der Waals surface area (Å²) in [5, 5.41) is 10.2. The Labute approximate surface area is 421 Å². The van der Waals surface area contributed by atoms with Gasteiger partial charge in [0, 0.05) is 79.3 Å². The van der Waals surface area contributed by atoms with E-state index in [1.807, 2.05) is 22.7 Å². The Kier molecular flexibility index (Phi) is 8.46. The fourth-order valence-corrected chi connectivity index (χ4v) is 14.2. The van der Waals surface area contributed by atoms with Gasteiger partial charge in [-0.1, -0.05) is 140 Å². The smallest absolute Gasteiger partial charge is 0.153 e. The van der Waals surface area contributed by atoms with Gasteiger partial charge in [0.15, 0.2) is 11.5 Å². The summed E-state index contributed by atoms with van der Waals surface area (Å²) in [6.45, 7) is 0. The third-order valence-corrected chi connectivity index (χ3v) is 17.2. The van der Waals surface area contributed by atoms with Crippen molar-refractivity contribution in [2.75, 3.05) is 4.90 Å². The predicted octanol–water partition coefficient (Wildman–Crippen LogP) is 19.5. The average molecular weight is 954 g/mol. The van der Waals surface area contributed by atoms with Crippen molar-refractivity contribution >= 4 is 124 Å². The molecule has 6 heteroatoms. The molecule has 0 saturated heterocycles. The highest BCUT2D eigenvalue weighted by atomic mass is 32.1. The van der Waals surface area contributed by atoms with Gasteiger partial charge < -0.3 is 18.8 Å². The summed E-state index contributed by atoms with van der Waals surface area (Å²) in [6, 6.07) is 86.4. The third kappa shape index (κ3) is 5.67. The van der Waals surface area contributed by atoms with Gasteiger partial charge in [0.05, 0.1) is 39.1 Å². The van der Waals surface area contributed by atoms with Gasteiger partial charge in [0.2, 0.25) is 0 Å². The molecule has 4 nitrogen and oxygen atoms in total. The molecule has 0 atom stereocenters. The number of thiophene rings is 2. The van der Waals surface area contributed by atoms with Crippen LogP contribution < -0.4 is 9.64 Å². The molecule has 0 fully saturated rings. The van der Waals surface area contributed by atoms with E-state index in [9.17, 15) is 0 Å². The maximum atomic E-state index is 7.10. The standard InChI is InChI=1S/C66H39N3OS2/c1-2-16-40(17-3-1)67-53-36-34-42(69-52-27-9-5-19-48(52)64-44(23-13-29-55(64)69)46-25-15-33-62-66(46)50-21-7-11-31-60(50)72-62)39-58(53)70-57-37-35-41(38-56(57)67)68-51-26-8-4-18-47(51)63-43(22-12-28-54(63)68)45-24-14-32-61-65(45)49-20-6-10-30-59(49)71-61/h1-39H. The summed E-state index contributed by atoms with van der Waals surface area (Å²) in [4.78, 5) is 2.36. The quantitative estimate of drug-likeness (QED) is 0.172. The minimum Gasteiger partial charge on any atom is -0.453 e. The first-order valence-electron chi connectivity index (χ1n) is 24.4. The molecule has 16 rings (SSSR count). The Morgan fingerprint density at radius 1 is 0.278 bits per heavy atom. The summed E-state index contributed by atoms with van der Waals surface area (Å²) in [5.74, 6) is 1.59. The molecule has 0 amide bonds. The number of nitrogens with zero attached hydrogens (tertiary/aromatic N) is 3. The number of rotatable bonds is 5. The van der Waals surface area contributed by atoms with E-state index in [1.165, 1.54) is 84.1 Å². The van der Waals surface area contributed by atoms with Gasteiger partial charge in [-0.05, 0) is 113 Å². The predicted molar refractivity (Wildman–Crippen MR) is 307 cm³/mol. The molecule has 0 bridgehead atoms. The molecule has 0 N–H and O–H groups in total. The molecule has 4 aromatic heterocycles. The second-order valence-electron chi connectivity index (χ2n) is 18.7. The van der Waals surface area contributed by atoms with E-state index >= 15 is 0 Å². The van der Waals surface area contributed by atoms with Gasteiger partial charge in [-0.15, -0.1) is 22.7 Å². The second kappa shape index (κ2) is 15.3. The Balaban J connectivity index is 0.862. The summed E-state index contributed by atoms with van der Waals surface area (Å²) in [7, 11) is 0. The Hall–Kier alpha value is -8.94. The van der Waals surface area contributed by atoms with Crippen molar-refractivity contribution in [3.05, 3.63) is 237 Å². The maximum Gasteiger partial charge on any atom is 0.153 e. The summed E-state index contributed by atoms with van der Waals surface area (Å²) >= 11 is 3.73. The van der Waals surface area contributed by atoms with E-state index in [0.717, 1.165) is 62.0 Å². The zero-order valence-electron chi connectivity index (χ0n) is 38.6. The lowest BCUT2D eigenvalue weighted by molar-refractivity contribution is 0.476. The lowest BCUT2D eigenvalue weighted by Gasteiger charge is -2.33. The first-order chi connectivity index (χ1) is 35.7. The average Bonchev–Trinajstić information content (AvgIpc) is 4.20. The fourth-order valence-electron chi connectivity index (χ4n) is 12.0. The Morgan fingerprint density at radius 3 is 1.31 bits per heavy atom. The molecule has 0 spiro atoms. The van der Waals surface area contributed by atoms with E-state index in [1.54, 1.807) is 0 Å². The molecule has 1 aliphatic rings. The van der Waals surface area contributed by atoms with Crippen molar-refractivity contribution in [3.63, 3.8) is 0 Å². The van der Waals surface area contributed by atoms with Crippen molar-refractivity contribution < 1.29 is 4.74 Å². The molecular formula is C66H39N3OS2. The van der Waals surface area contributed by atoms with Gasteiger partial charge in [-0.3, -0.25) is 0 Å². The van der Waals surface area contributed by atoms with Crippen LogP contribution in [0.4, 0.5) is 17.1 Å². The Morgan fingerprint density at radius 2 is 0.722 bits per heavy atom. The van der Waals surface area contributed by atoms with Gasteiger partial charge in [0.1, 0.15) is 0 Å². The van der Waals surface area contributed by atoms with E-state index in [2.05, 4.69) is 251 Å². The molecule has 0 radical (unpaired) electrons. The lowest BCUT2D eigenvalue weighted by atomic mass is 9.95. The normalized spacial score (nSPS) is 12.5. The summed E-state index contributed by atoms with van der Waals surface area (Å²) in [6.07, 6.45) is 0. The Bertz CT molecular complexity index is 4750. The molecule has 15 aromatic rings. The molecule has 0 unspecified atom stereocenters. The van der Waals surface area contributed by atoms with Crippen LogP contribution in [0, 0.1) is 0 Å². The first-order valence-corrected chi connectivity index (χ1v) is 26.0. The molecule has 0 aliphatic carbocycles.